The zero-order valence-electron chi connectivity index (χ0n) is 14.8. The number of carbonyl (C=O) groups is 1. The summed E-state index contributed by atoms with van der Waals surface area (Å²) in [6.45, 7) is 6.17. The maximum atomic E-state index is 12.0. The maximum absolute atomic E-state index is 12.0. The van der Waals surface area contributed by atoms with Crippen molar-refractivity contribution in [3.8, 4) is 0 Å². The third kappa shape index (κ3) is 3.08. The summed E-state index contributed by atoms with van der Waals surface area (Å²) in [5.74, 6) is 1.26. The summed E-state index contributed by atoms with van der Waals surface area (Å²) in [6.07, 6.45) is 4.38. The van der Waals surface area contributed by atoms with E-state index in [1.165, 1.54) is 4.88 Å². The lowest BCUT2D eigenvalue weighted by molar-refractivity contribution is 0.0622. The summed E-state index contributed by atoms with van der Waals surface area (Å²) in [5.41, 5.74) is 3.37. The van der Waals surface area contributed by atoms with Crippen LogP contribution in [0.3, 0.4) is 0 Å². The summed E-state index contributed by atoms with van der Waals surface area (Å²) in [4.78, 5) is 20.3. The highest BCUT2D eigenvalue weighted by Crippen LogP contribution is 2.41. The van der Waals surface area contributed by atoms with Crippen LogP contribution in [0.5, 0.6) is 0 Å². The van der Waals surface area contributed by atoms with Gasteiger partial charge in [0, 0.05) is 31.4 Å². The van der Waals surface area contributed by atoms with Gasteiger partial charge in [-0.3, -0.25) is 9.69 Å². The van der Waals surface area contributed by atoms with Crippen LogP contribution in [0, 0.1) is 12.3 Å². The van der Waals surface area contributed by atoms with Crippen LogP contribution in [0.2, 0.25) is 0 Å². The van der Waals surface area contributed by atoms with Gasteiger partial charge in [-0.1, -0.05) is 0 Å². The van der Waals surface area contributed by atoms with E-state index < -0.39 is 0 Å². The van der Waals surface area contributed by atoms with Crippen LogP contribution in [0.25, 0.3) is 0 Å². The van der Waals surface area contributed by atoms with Crippen molar-refractivity contribution in [3.63, 3.8) is 0 Å². The number of carbonyl (C=O) groups excluding carboxylic acids is 1. The van der Waals surface area contributed by atoms with Gasteiger partial charge >= 0.3 is 0 Å². The number of hydrogen-bond acceptors (Lipinski definition) is 6. The lowest BCUT2D eigenvalue weighted by atomic mass is 9.73. The number of thiazole rings is 1. The van der Waals surface area contributed by atoms with E-state index in [9.17, 15) is 4.79 Å². The largest absolute Gasteiger partial charge is 0.352 e. The van der Waals surface area contributed by atoms with E-state index in [2.05, 4.69) is 32.3 Å². The summed E-state index contributed by atoms with van der Waals surface area (Å²) < 4.78 is 2.05. The zero-order valence-corrected chi connectivity index (χ0v) is 15.6. The fourth-order valence-corrected chi connectivity index (χ4v) is 4.85. The molecule has 4 rings (SSSR count). The van der Waals surface area contributed by atoms with Crippen molar-refractivity contribution in [3.05, 3.63) is 27.7 Å². The molecule has 2 aliphatic rings. The molecule has 4 heterocycles. The van der Waals surface area contributed by atoms with Crippen molar-refractivity contribution < 1.29 is 4.79 Å². The first-order valence-electron chi connectivity index (χ1n) is 8.86. The highest BCUT2D eigenvalue weighted by Gasteiger charge is 2.39. The quantitative estimate of drug-likeness (QED) is 0.900. The van der Waals surface area contributed by atoms with Gasteiger partial charge in [-0.05, 0) is 44.7 Å². The van der Waals surface area contributed by atoms with Gasteiger partial charge in [0.15, 0.2) is 0 Å². The predicted molar refractivity (Wildman–Crippen MR) is 95.5 cm³/mol. The number of likely N-dealkylation sites (tertiary alicyclic amines) is 1. The topological polar surface area (TPSA) is 75.9 Å². The van der Waals surface area contributed by atoms with Crippen LogP contribution in [0.15, 0.2) is 5.51 Å². The predicted octanol–water partition coefficient (Wildman–Crippen LogP) is 1.63. The summed E-state index contributed by atoms with van der Waals surface area (Å²) >= 11 is 1.75. The number of amides is 1. The third-order valence-corrected chi connectivity index (χ3v) is 6.68. The lowest BCUT2D eigenvalue weighted by Crippen LogP contribution is -2.44. The molecule has 1 N–H and O–H groups in total. The van der Waals surface area contributed by atoms with Gasteiger partial charge in [-0.25, -0.2) is 4.98 Å². The van der Waals surface area contributed by atoms with Crippen LogP contribution < -0.4 is 5.32 Å². The van der Waals surface area contributed by atoms with Crippen LogP contribution >= 0.6 is 11.3 Å². The van der Waals surface area contributed by atoms with E-state index in [1.807, 2.05) is 10.1 Å². The number of piperidine rings is 1. The van der Waals surface area contributed by atoms with Crippen molar-refractivity contribution >= 4 is 17.2 Å². The molecule has 0 bridgehead atoms. The molecule has 0 atom stereocenters. The van der Waals surface area contributed by atoms with Gasteiger partial charge in [-0.2, -0.15) is 0 Å². The Bertz CT molecular complexity index is 774. The normalized spacial score (nSPS) is 19.8. The molecule has 0 unspecified atom stereocenters. The number of aryl methyl sites for hydroxylation is 2. The smallest absolute Gasteiger partial charge is 0.288 e. The molecule has 1 fully saturated rings. The number of nitrogens with zero attached hydrogens (tertiary/aromatic N) is 5. The first-order valence-corrected chi connectivity index (χ1v) is 9.74. The Morgan fingerprint density at radius 2 is 2.12 bits per heavy atom. The molecule has 7 nitrogen and oxygen atoms in total. The Morgan fingerprint density at radius 3 is 2.80 bits per heavy atom. The van der Waals surface area contributed by atoms with Crippen LogP contribution in [-0.4, -0.2) is 50.7 Å². The Morgan fingerprint density at radius 1 is 1.32 bits per heavy atom. The number of rotatable bonds is 3. The van der Waals surface area contributed by atoms with Crippen molar-refractivity contribution in [1.29, 1.82) is 0 Å². The van der Waals surface area contributed by atoms with E-state index in [-0.39, 0.29) is 11.3 Å². The van der Waals surface area contributed by atoms with Crippen LogP contribution in [0.4, 0.5) is 0 Å². The van der Waals surface area contributed by atoms with E-state index in [1.54, 1.807) is 18.4 Å². The second kappa shape index (κ2) is 6.49. The summed E-state index contributed by atoms with van der Waals surface area (Å²) in [5, 5.41) is 11.0. The van der Waals surface area contributed by atoms with Crippen LogP contribution in [0.1, 0.15) is 46.3 Å². The van der Waals surface area contributed by atoms with Crippen molar-refractivity contribution in [2.75, 3.05) is 20.1 Å². The van der Waals surface area contributed by atoms with Gasteiger partial charge in [0.25, 0.3) is 5.91 Å². The third-order valence-electron chi connectivity index (χ3n) is 5.76. The number of aromatic nitrogens is 4. The van der Waals surface area contributed by atoms with Gasteiger partial charge in [0.2, 0.25) is 5.82 Å². The molecule has 1 saturated heterocycles. The minimum Gasteiger partial charge on any atom is -0.352 e. The second-order valence-corrected chi connectivity index (χ2v) is 8.18. The SMILES string of the molecule is CNC(=O)c1nnc2n1CC1(CC2)CCN(Cc2scnc2C)CC1. The lowest BCUT2D eigenvalue weighted by Gasteiger charge is -2.44. The zero-order chi connectivity index (χ0) is 17.4. The average Bonchev–Trinajstić information content (AvgIpc) is 3.22. The molecule has 0 saturated carbocycles. The number of hydrogen-bond donors (Lipinski definition) is 1. The standard InChI is InChI=1S/C17H24N6OS/c1-12-13(25-11-19-12)9-22-7-5-17(6-8-22)4-3-14-20-21-15(16(24)18-2)23(14)10-17/h11H,3-10H2,1-2H3,(H,18,24). The van der Waals surface area contributed by atoms with Gasteiger partial charge in [0.1, 0.15) is 5.82 Å². The number of fused-ring (bicyclic) bond motifs is 1. The first-order chi connectivity index (χ1) is 12.1. The fraction of sp³-hybridized carbons (Fsp3) is 0.647. The second-order valence-electron chi connectivity index (χ2n) is 7.24. The molecule has 8 heteroatoms. The highest BCUT2D eigenvalue weighted by atomic mass is 32.1. The van der Waals surface area contributed by atoms with E-state index >= 15 is 0 Å². The average molecular weight is 360 g/mol. The van der Waals surface area contributed by atoms with E-state index in [4.69, 9.17) is 0 Å². The van der Waals surface area contributed by atoms with E-state index in [0.717, 1.165) is 63.4 Å². The Balaban J connectivity index is 1.44. The molecular formula is C17H24N6OS. The molecule has 2 aromatic heterocycles. The van der Waals surface area contributed by atoms with Crippen LogP contribution in [-0.2, 0) is 19.5 Å². The fourth-order valence-electron chi connectivity index (χ4n) is 4.03. The van der Waals surface area contributed by atoms with Gasteiger partial charge < -0.3 is 9.88 Å². The minimum atomic E-state index is -0.145. The molecule has 1 amide bonds. The summed E-state index contributed by atoms with van der Waals surface area (Å²) in [6, 6.07) is 0. The molecule has 2 aromatic rings. The molecule has 2 aliphatic heterocycles. The Kier molecular flexibility index (Phi) is 4.33. The van der Waals surface area contributed by atoms with Crippen molar-refractivity contribution in [1.82, 2.24) is 30.0 Å². The summed E-state index contributed by atoms with van der Waals surface area (Å²) in [7, 11) is 1.64. The Labute approximate surface area is 151 Å². The van der Waals surface area contributed by atoms with Gasteiger partial charge in [0.05, 0.1) is 11.2 Å². The molecule has 0 radical (unpaired) electrons. The maximum Gasteiger partial charge on any atom is 0.288 e. The molecule has 1 spiro atoms. The monoisotopic (exact) mass is 360 g/mol. The van der Waals surface area contributed by atoms with Crippen molar-refractivity contribution in [2.45, 2.75) is 45.7 Å². The minimum absolute atomic E-state index is 0.145. The Hall–Kier alpha value is -1.80. The molecule has 134 valence electrons. The molecular weight excluding hydrogens is 336 g/mol. The van der Waals surface area contributed by atoms with Crippen molar-refractivity contribution in [2.24, 2.45) is 5.41 Å². The molecule has 0 aliphatic carbocycles. The van der Waals surface area contributed by atoms with Gasteiger partial charge in [-0.15, -0.1) is 21.5 Å². The van der Waals surface area contributed by atoms with E-state index in [0.29, 0.717) is 5.82 Å². The molecule has 25 heavy (non-hydrogen) atoms. The number of nitrogens with one attached hydrogen (secondary N) is 1. The first kappa shape index (κ1) is 16.7. The highest BCUT2D eigenvalue weighted by molar-refractivity contribution is 7.09. The molecule has 0 aromatic carbocycles.